The number of benzene rings is 1. The van der Waals surface area contributed by atoms with Crippen LogP contribution in [-0.4, -0.2) is 28.0 Å². The molecule has 1 aromatic rings. The van der Waals surface area contributed by atoms with E-state index in [4.69, 9.17) is 11.6 Å². The third-order valence-electron chi connectivity index (χ3n) is 3.45. The third kappa shape index (κ3) is 4.34. The van der Waals surface area contributed by atoms with Gasteiger partial charge in [-0.05, 0) is 44.4 Å². The molecule has 0 spiro atoms. The summed E-state index contributed by atoms with van der Waals surface area (Å²) in [5.41, 5.74) is 0.728. The van der Waals surface area contributed by atoms with Crippen LogP contribution < -0.4 is 5.32 Å². The molecule has 21 heavy (non-hydrogen) atoms. The van der Waals surface area contributed by atoms with Crippen LogP contribution in [-0.2, 0) is 11.3 Å². The summed E-state index contributed by atoms with van der Waals surface area (Å²) in [5, 5.41) is 3.25. The molecule has 0 radical (unpaired) electrons. The first-order valence-electron chi connectivity index (χ1n) is 7.12. The second kappa shape index (κ2) is 7.47. The summed E-state index contributed by atoms with van der Waals surface area (Å²) in [7, 11) is 0. The first-order valence-corrected chi connectivity index (χ1v) is 8.44. The zero-order chi connectivity index (χ0) is 15.4. The monoisotopic (exact) mass is 330 g/mol. The van der Waals surface area contributed by atoms with Gasteiger partial charge in [-0.2, -0.15) is 0 Å². The highest BCUT2D eigenvalue weighted by molar-refractivity contribution is 7.97. The molecule has 0 saturated carbocycles. The van der Waals surface area contributed by atoms with Gasteiger partial charge in [-0.3, -0.25) is 4.79 Å². The SMILES string of the molecule is CC(C)N1SCCCC1C(=O)NCc1ccc(F)cc1Cl. The Morgan fingerprint density at radius 3 is 3.00 bits per heavy atom. The summed E-state index contributed by atoms with van der Waals surface area (Å²) in [6, 6.07) is 4.43. The average molecular weight is 331 g/mol. The fourth-order valence-corrected chi connectivity index (χ4v) is 3.80. The van der Waals surface area contributed by atoms with Gasteiger partial charge in [0.15, 0.2) is 0 Å². The molecule has 0 aliphatic carbocycles. The van der Waals surface area contributed by atoms with E-state index in [-0.39, 0.29) is 17.8 Å². The lowest BCUT2D eigenvalue weighted by Gasteiger charge is -2.36. The summed E-state index contributed by atoms with van der Waals surface area (Å²) < 4.78 is 15.2. The molecule has 1 aromatic carbocycles. The first-order chi connectivity index (χ1) is 9.99. The number of halogens is 2. The van der Waals surface area contributed by atoms with E-state index < -0.39 is 0 Å². The minimum atomic E-state index is -0.371. The van der Waals surface area contributed by atoms with Crippen LogP contribution in [0, 0.1) is 5.82 Å². The van der Waals surface area contributed by atoms with Gasteiger partial charge in [0.05, 0.1) is 6.04 Å². The van der Waals surface area contributed by atoms with E-state index in [9.17, 15) is 9.18 Å². The fraction of sp³-hybridized carbons (Fsp3) is 0.533. The number of hydrogen-bond donors (Lipinski definition) is 1. The molecular formula is C15H20ClFN2OS. The van der Waals surface area contributed by atoms with Crippen LogP contribution in [0.2, 0.25) is 5.02 Å². The Bertz CT molecular complexity index is 512. The number of nitrogens with one attached hydrogen (secondary N) is 1. The maximum Gasteiger partial charge on any atom is 0.238 e. The number of nitrogens with zero attached hydrogens (tertiary/aromatic N) is 1. The number of hydrogen-bond acceptors (Lipinski definition) is 3. The van der Waals surface area contributed by atoms with E-state index in [1.54, 1.807) is 18.0 Å². The molecule has 3 nitrogen and oxygen atoms in total. The molecule has 2 rings (SSSR count). The van der Waals surface area contributed by atoms with E-state index >= 15 is 0 Å². The summed E-state index contributed by atoms with van der Waals surface area (Å²) in [5.74, 6) is 0.701. The van der Waals surface area contributed by atoms with Crippen molar-refractivity contribution >= 4 is 29.5 Å². The summed E-state index contributed by atoms with van der Waals surface area (Å²) in [6.07, 6.45) is 1.91. The van der Waals surface area contributed by atoms with E-state index in [1.165, 1.54) is 12.1 Å². The van der Waals surface area contributed by atoms with Crippen LogP contribution in [0.15, 0.2) is 18.2 Å². The van der Waals surface area contributed by atoms with Crippen molar-refractivity contribution in [1.82, 2.24) is 9.62 Å². The van der Waals surface area contributed by atoms with Crippen molar-refractivity contribution in [3.05, 3.63) is 34.6 Å². The highest BCUT2D eigenvalue weighted by Crippen LogP contribution is 2.28. The Morgan fingerprint density at radius 1 is 1.57 bits per heavy atom. The van der Waals surface area contributed by atoms with Crippen LogP contribution in [0.4, 0.5) is 4.39 Å². The van der Waals surface area contributed by atoms with Gasteiger partial charge < -0.3 is 5.32 Å². The molecule has 1 aliphatic rings. The maximum absolute atomic E-state index is 13.0. The molecule has 116 valence electrons. The highest BCUT2D eigenvalue weighted by Gasteiger charge is 2.30. The first kappa shape index (κ1) is 16.6. The quantitative estimate of drug-likeness (QED) is 0.856. The normalized spacial score (nSPS) is 19.8. The number of carbonyl (C=O) groups is 1. The van der Waals surface area contributed by atoms with Crippen molar-refractivity contribution in [2.24, 2.45) is 0 Å². The average Bonchev–Trinajstić information content (AvgIpc) is 2.46. The molecule has 1 heterocycles. The zero-order valence-corrected chi connectivity index (χ0v) is 13.8. The lowest BCUT2D eigenvalue weighted by molar-refractivity contribution is -0.125. The van der Waals surface area contributed by atoms with Gasteiger partial charge in [-0.25, -0.2) is 8.70 Å². The van der Waals surface area contributed by atoms with E-state index in [2.05, 4.69) is 23.5 Å². The van der Waals surface area contributed by atoms with Gasteiger partial charge in [-0.1, -0.05) is 29.6 Å². The third-order valence-corrected chi connectivity index (χ3v) is 5.25. The van der Waals surface area contributed by atoms with E-state index in [0.29, 0.717) is 17.6 Å². The van der Waals surface area contributed by atoms with Gasteiger partial charge in [0, 0.05) is 23.4 Å². The van der Waals surface area contributed by atoms with Gasteiger partial charge in [-0.15, -0.1) is 0 Å². The highest BCUT2D eigenvalue weighted by atomic mass is 35.5. The van der Waals surface area contributed by atoms with Crippen molar-refractivity contribution in [1.29, 1.82) is 0 Å². The Kier molecular flexibility index (Phi) is 5.90. The number of rotatable bonds is 4. The standard InChI is InChI=1S/C15H20ClFN2OS/c1-10(2)19-14(4-3-7-21-19)15(20)18-9-11-5-6-12(17)8-13(11)16/h5-6,8,10,14H,3-4,7,9H2,1-2H3,(H,18,20). The van der Waals surface area contributed by atoms with Crippen LogP contribution in [0.5, 0.6) is 0 Å². The Hall–Kier alpha value is -0.780. The minimum Gasteiger partial charge on any atom is -0.351 e. The van der Waals surface area contributed by atoms with Crippen molar-refractivity contribution in [3.8, 4) is 0 Å². The summed E-state index contributed by atoms with van der Waals surface area (Å²) in [6.45, 7) is 4.51. The van der Waals surface area contributed by atoms with Gasteiger partial charge in [0.1, 0.15) is 5.82 Å². The van der Waals surface area contributed by atoms with Crippen LogP contribution in [0.1, 0.15) is 32.3 Å². The van der Waals surface area contributed by atoms with Gasteiger partial charge in [0.2, 0.25) is 5.91 Å². The topological polar surface area (TPSA) is 32.3 Å². The molecule has 1 N–H and O–H groups in total. The van der Waals surface area contributed by atoms with Crippen molar-refractivity contribution in [2.45, 2.75) is 45.3 Å². The Morgan fingerprint density at radius 2 is 2.33 bits per heavy atom. The second-order valence-electron chi connectivity index (χ2n) is 5.40. The summed E-state index contributed by atoms with van der Waals surface area (Å²) >= 11 is 7.70. The molecule has 1 aliphatic heterocycles. The van der Waals surface area contributed by atoms with Gasteiger partial charge in [0.25, 0.3) is 0 Å². The number of amides is 1. The molecule has 1 fully saturated rings. The maximum atomic E-state index is 13.0. The molecule has 1 atom stereocenters. The molecule has 1 unspecified atom stereocenters. The largest absolute Gasteiger partial charge is 0.351 e. The van der Waals surface area contributed by atoms with Crippen molar-refractivity contribution in [3.63, 3.8) is 0 Å². The second-order valence-corrected chi connectivity index (χ2v) is 6.89. The predicted octanol–water partition coefficient (Wildman–Crippen LogP) is 3.62. The molecule has 1 saturated heterocycles. The molecule has 6 heteroatoms. The molecule has 1 amide bonds. The van der Waals surface area contributed by atoms with Crippen molar-refractivity contribution in [2.75, 3.05) is 5.75 Å². The predicted molar refractivity (Wildman–Crippen MR) is 85.7 cm³/mol. The smallest absolute Gasteiger partial charge is 0.238 e. The molecular weight excluding hydrogens is 311 g/mol. The number of carbonyl (C=O) groups excluding carboxylic acids is 1. The zero-order valence-electron chi connectivity index (χ0n) is 12.2. The minimum absolute atomic E-state index is 0.0105. The van der Waals surface area contributed by atoms with Crippen LogP contribution in [0.3, 0.4) is 0 Å². The summed E-state index contributed by atoms with van der Waals surface area (Å²) in [4.78, 5) is 12.4. The lowest BCUT2D eigenvalue weighted by Crippen LogP contribution is -2.48. The molecule has 0 bridgehead atoms. The van der Waals surface area contributed by atoms with E-state index in [0.717, 1.165) is 24.2 Å². The lowest BCUT2D eigenvalue weighted by atomic mass is 10.1. The molecule has 0 aromatic heterocycles. The van der Waals surface area contributed by atoms with Crippen molar-refractivity contribution < 1.29 is 9.18 Å². The Balaban J connectivity index is 1.97. The van der Waals surface area contributed by atoms with E-state index in [1.807, 2.05) is 0 Å². The van der Waals surface area contributed by atoms with Crippen LogP contribution in [0.25, 0.3) is 0 Å². The fourth-order valence-electron chi connectivity index (χ4n) is 2.38. The Labute approximate surface area is 134 Å². The van der Waals surface area contributed by atoms with Crippen LogP contribution >= 0.6 is 23.5 Å². The van der Waals surface area contributed by atoms with Gasteiger partial charge >= 0.3 is 0 Å².